The van der Waals surface area contributed by atoms with E-state index in [0.29, 0.717) is 11.1 Å². The molecule has 2 aromatic carbocycles. The topological polar surface area (TPSA) is 112 Å². The van der Waals surface area contributed by atoms with Crippen LogP contribution in [-0.2, 0) is 10.0 Å². The Bertz CT molecular complexity index is 1220. The third-order valence-electron chi connectivity index (χ3n) is 3.48. The summed E-state index contributed by atoms with van der Waals surface area (Å²) in [7, 11) is -4.03. The van der Waals surface area contributed by atoms with Gasteiger partial charge in [0.25, 0.3) is 10.0 Å². The Balaban J connectivity index is 2.11. The molecule has 0 aliphatic rings. The molecule has 0 aliphatic heterocycles. The van der Waals surface area contributed by atoms with E-state index < -0.39 is 27.0 Å². The molecule has 3 aromatic rings. The van der Waals surface area contributed by atoms with Gasteiger partial charge in [-0.25, -0.2) is 12.8 Å². The number of benzene rings is 2. The first kappa shape index (κ1) is 17.2. The molecular formula is C15H11ClFN3O4S. The fraction of sp³-hybridized carbons (Fsp3) is 0.0667. The highest BCUT2D eigenvalue weighted by Crippen LogP contribution is 2.25. The van der Waals surface area contributed by atoms with Gasteiger partial charge in [0.15, 0.2) is 0 Å². The van der Waals surface area contributed by atoms with Crippen LogP contribution in [0, 0.1) is 12.7 Å². The molecule has 130 valence electrons. The molecule has 0 saturated heterocycles. The first-order valence-corrected chi connectivity index (χ1v) is 8.78. The van der Waals surface area contributed by atoms with Crippen molar-refractivity contribution in [2.24, 2.45) is 0 Å². The first-order valence-electron chi connectivity index (χ1n) is 6.92. The fourth-order valence-electron chi connectivity index (χ4n) is 2.31. The van der Waals surface area contributed by atoms with E-state index in [-0.39, 0.29) is 21.1 Å². The second-order valence-corrected chi connectivity index (χ2v) is 7.36. The van der Waals surface area contributed by atoms with E-state index >= 15 is 0 Å². The minimum absolute atomic E-state index is 0.0841. The van der Waals surface area contributed by atoms with E-state index in [2.05, 4.69) is 14.7 Å². The molecule has 0 spiro atoms. The summed E-state index contributed by atoms with van der Waals surface area (Å²) in [6.45, 7) is 1.54. The number of aryl methyl sites for hydroxylation is 1. The molecule has 25 heavy (non-hydrogen) atoms. The Morgan fingerprint density at radius 2 is 1.64 bits per heavy atom. The number of aromatic amines is 2. The third kappa shape index (κ3) is 3.28. The molecule has 0 amide bonds. The predicted molar refractivity (Wildman–Crippen MR) is 92.1 cm³/mol. The molecule has 1 aromatic heterocycles. The van der Waals surface area contributed by atoms with Crippen LogP contribution in [0.1, 0.15) is 5.56 Å². The van der Waals surface area contributed by atoms with Crippen LogP contribution in [0.4, 0.5) is 10.1 Å². The van der Waals surface area contributed by atoms with E-state index in [0.717, 1.165) is 12.1 Å². The van der Waals surface area contributed by atoms with Crippen molar-refractivity contribution >= 4 is 38.3 Å². The summed E-state index contributed by atoms with van der Waals surface area (Å²) in [5.74, 6) is -0.673. The van der Waals surface area contributed by atoms with E-state index in [1.807, 2.05) is 0 Å². The molecule has 10 heteroatoms. The lowest BCUT2D eigenvalue weighted by molar-refractivity contribution is 0.600. The molecule has 0 saturated carbocycles. The lowest BCUT2D eigenvalue weighted by Gasteiger charge is -2.12. The molecule has 3 rings (SSSR count). The van der Waals surface area contributed by atoms with Crippen LogP contribution in [-0.4, -0.2) is 18.4 Å². The van der Waals surface area contributed by atoms with Crippen molar-refractivity contribution < 1.29 is 12.8 Å². The minimum Gasteiger partial charge on any atom is -0.316 e. The summed E-state index contributed by atoms with van der Waals surface area (Å²) in [4.78, 5) is 27.4. The number of hydrogen-bond acceptors (Lipinski definition) is 4. The van der Waals surface area contributed by atoms with Crippen molar-refractivity contribution in [1.29, 1.82) is 0 Å². The minimum atomic E-state index is -4.03. The maximum Gasteiger partial charge on any atom is 0.314 e. The average Bonchev–Trinajstić information content (AvgIpc) is 2.51. The van der Waals surface area contributed by atoms with Gasteiger partial charge in [-0.15, -0.1) is 0 Å². The van der Waals surface area contributed by atoms with Crippen molar-refractivity contribution in [2.45, 2.75) is 11.8 Å². The van der Waals surface area contributed by atoms with Crippen molar-refractivity contribution in [3.63, 3.8) is 0 Å². The monoisotopic (exact) mass is 383 g/mol. The molecule has 0 bridgehead atoms. The van der Waals surface area contributed by atoms with Gasteiger partial charge >= 0.3 is 11.1 Å². The zero-order chi connectivity index (χ0) is 18.4. The zero-order valence-electron chi connectivity index (χ0n) is 12.7. The average molecular weight is 384 g/mol. The summed E-state index contributed by atoms with van der Waals surface area (Å²) in [5, 5.41) is -0.225. The molecule has 7 nitrogen and oxygen atoms in total. The molecule has 0 radical (unpaired) electrons. The maximum atomic E-state index is 13.2. The van der Waals surface area contributed by atoms with Crippen LogP contribution in [0.15, 0.2) is 44.8 Å². The molecule has 0 unspecified atom stereocenters. The van der Waals surface area contributed by atoms with Crippen LogP contribution in [0.25, 0.3) is 11.0 Å². The molecule has 1 heterocycles. The first-order chi connectivity index (χ1) is 11.7. The molecule has 0 aliphatic carbocycles. The maximum absolute atomic E-state index is 13.2. The van der Waals surface area contributed by atoms with Crippen molar-refractivity contribution in [3.05, 3.63) is 67.4 Å². The second kappa shape index (κ2) is 6.01. The van der Waals surface area contributed by atoms with Gasteiger partial charge in [0.2, 0.25) is 0 Å². The smallest absolute Gasteiger partial charge is 0.314 e. The lowest BCUT2D eigenvalue weighted by atomic mass is 10.2. The Morgan fingerprint density at radius 1 is 1.04 bits per heavy atom. The number of halogens is 2. The number of anilines is 1. The highest BCUT2D eigenvalue weighted by atomic mass is 35.5. The quantitative estimate of drug-likeness (QED) is 0.601. The third-order valence-corrected chi connectivity index (χ3v) is 5.29. The Labute approximate surface area is 145 Å². The normalized spacial score (nSPS) is 11.6. The van der Waals surface area contributed by atoms with Gasteiger partial charge in [-0.2, -0.15) is 0 Å². The number of rotatable bonds is 3. The highest BCUT2D eigenvalue weighted by molar-refractivity contribution is 7.92. The number of aromatic nitrogens is 2. The number of fused-ring (bicyclic) bond motifs is 1. The van der Waals surface area contributed by atoms with Gasteiger partial charge in [-0.1, -0.05) is 11.6 Å². The number of H-pyrrole nitrogens is 2. The van der Waals surface area contributed by atoms with Gasteiger partial charge in [-0.05, 0) is 42.8 Å². The van der Waals surface area contributed by atoms with Crippen LogP contribution >= 0.6 is 11.6 Å². The van der Waals surface area contributed by atoms with E-state index in [4.69, 9.17) is 11.6 Å². The van der Waals surface area contributed by atoms with Crippen molar-refractivity contribution in [1.82, 2.24) is 9.97 Å². The van der Waals surface area contributed by atoms with Crippen LogP contribution in [0.5, 0.6) is 0 Å². The molecule has 0 fully saturated rings. The number of hydrogen-bond donors (Lipinski definition) is 3. The Hall–Kier alpha value is -2.65. The Morgan fingerprint density at radius 3 is 2.24 bits per heavy atom. The van der Waals surface area contributed by atoms with E-state index in [1.165, 1.54) is 25.1 Å². The standard InChI is InChI=1S/C15H11ClFN3O4S/c1-7-4-11-12(19-15(22)14(21)18-11)6-13(7)25(23,24)20-8-2-3-10(17)9(16)5-8/h2-6,20H,1H3,(H,18,21)(H,19,22). The van der Waals surface area contributed by atoms with Gasteiger partial charge in [-0.3, -0.25) is 14.3 Å². The van der Waals surface area contributed by atoms with Gasteiger partial charge in [0.05, 0.1) is 26.6 Å². The van der Waals surface area contributed by atoms with Crippen LogP contribution in [0.2, 0.25) is 5.02 Å². The SMILES string of the molecule is Cc1cc2[nH]c(=O)c(=O)[nH]c2cc1S(=O)(=O)Nc1ccc(F)c(Cl)c1. The van der Waals surface area contributed by atoms with Crippen LogP contribution < -0.4 is 15.8 Å². The molecular weight excluding hydrogens is 373 g/mol. The summed E-state index contributed by atoms with van der Waals surface area (Å²) in [6, 6.07) is 6.07. The lowest BCUT2D eigenvalue weighted by Crippen LogP contribution is -2.29. The van der Waals surface area contributed by atoms with Gasteiger partial charge in [0, 0.05) is 0 Å². The summed E-state index contributed by atoms with van der Waals surface area (Å²) in [5.41, 5.74) is -0.838. The highest BCUT2D eigenvalue weighted by Gasteiger charge is 2.19. The molecule has 0 atom stereocenters. The van der Waals surface area contributed by atoms with Crippen molar-refractivity contribution in [3.8, 4) is 0 Å². The van der Waals surface area contributed by atoms with Crippen LogP contribution in [0.3, 0.4) is 0 Å². The fourth-order valence-corrected chi connectivity index (χ4v) is 3.80. The van der Waals surface area contributed by atoms with Crippen molar-refractivity contribution in [2.75, 3.05) is 4.72 Å². The Kier molecular flexibility index (Phi) is 4.13. The predicted octanol–water partition coefficient (Wildman–Crippen LogP) is 2.12. The summed E-state index contributed by atoms with van der Waals surface area (Å²) < 4.78 is 40.7. The summed E-state index contributed by atoms with van der Waals surface area (Å²) >= 11 is 5.65. The van der Waals surface area contributed by atoms with Gasteiger partial charge in [0.1, 0.15) is 5.82 Å². The number of nitrogens with one attached hydrogen (secondary N) is 3. The van der Waals surface area contributed by atoms with E-state index in [9.17, 15) is 22.4 Å². The second-order valence-electron chi connectivity index (χ2n) is 5.31. The molecule has 3 N–H and O–H groups in total. The largest absolute Gasteiger partial charge is 0.316 e. The summed E-state index contributed by atoms with van der Waals surface area (Å²) in [6.07, 6.45) is 0. The van der Waals surface area contributed by atoms with E-state index in [1.54, 1.807) is 0 Å². The van der Waals surface area contributed by atoms with Gasteiger partial charge < -0.3 is 9.97 Å². The zero-order valence-corrected chi connectivity index (χ0v) is 14.3. The number of sulfonamides is 1.